The van der Waals surface area contributed by atoms with Crippen molar-refractivity contribution >= 4 is 39.8 Å². The van der Waals surface area contributed by atoms with Crippen molar-refractivity contribution in [3.8, 4) is 5.75 Å². The van der Waals surface area contributed by atoms with E-state index in [1.165, 1.54) is 4.90 Å². The van der Waals surface area contributed by atoms with Crippen molar-refractivity contribution in [2.45, 2.75) is 17.6 Å². The van der Waals surface area contributed by atoms with Gasteiger partial charge in [0.05, 0.1) is 11.6 Å². The van der Waals surface area contributed by atoms with E-state index in [1.807, 2.05) is 6.07 Å². The van der Waals surface area contributed by atoms with Crippen LogP contribution in [0.25, 0.3) is 0 Å². The molecule has 2 rings (SSSR count). The molecule has 0 spiro atoms. The van der Waals surface area contributed by atoms with Crippen molar-refractivity contribution in [1.82, 2.24) is 10.2 Å². The molecule has 9 heteroatoms. The number of nitrogens with zero attached hydrogens (tertiary/aromatic N) is 1. The molecular formula is C16H24Cl2N2O4S. The van der Waals surface area contributed by atoms with Gasteiger partial charge in [-0.1, -0.05) is 23.7 Å². The fourth-order valence-electron chi connectivity index (χ4n) is 2.88. The molecule has 1 amide bonds. The van der Waals surface area contributed by atoms with Crippen LogP contribution in [0, 0.1) is 0 Å². The van der Waals surface area contributed by atoms with E-state index in [1.54, 1.807) is 25.2 Å². The van der Waals surface area contributed by atoms with E-state index < -0.39 is 14.6 Å². The van der Waals surface area contributed by atoms with Crippen LogP contribution in [0.1, 0.15) is 12.8 Å². The summed E-state index contributed by atoms with van der Waals surface area (Å²) in [4.78, 5) is 14.2. The van der Waals surface area contributed by atoms with Crippen LogP contribution in [-0.2, 0) is 14.6 Å². The Morgan fingerprint density at radius 2 is 1.92 bits per heavy atom. The van der Waals surface area contributed by atoms with Gasteiger partial charge in [0.25, 0.3) is 0 Å². The molecule has 142 valence electrons. The summed E-state index contributed by atoms with van der Waals surface area (Å²) in [6.45, 7) is 1.56. The zero-order valence-electron chi connectivity index (χ0n) is 14.3. The topological polar surface area (TPSA) is 75.7 Å². The highest BCUT2D eigenvalue weighted by Crippen LogP contribution is 2.30. The minimum absolute atomic E-state index is 0. The van der Waals surface area contributed by atoms with Gasteiger partial charge in [0.15, 0.2) is 14.6 Å². The van der Waals surface area contributed by atoms with Gasteiger partial charge in [0, 0.05) is 13.3 Å². The molecule has 0 bridgehead atoms. The maximum atomic E-state index is 12.8. The molecule has 0 atom stereocenters. The van der Waals surface area contributed by atoms with Gasteiger partial charge in [-0.25, -0.2) is 8.42 Å². The van der Waals surface area contributed by atoms with Gasteiger partial charge in [0.2, 0.25) is 5.91 Å². The van der Waals surface area contributed by atoms with E-state index in [0.717, 1.165) is 6.26 Å². The number of carbonyl (C=O) groups excluding carboxylic acids is 1. The highest BCUT2D eigenvalue weighted by Gasteiger charge is 2.49. The third-order valence-electron chi connectivity index (χ3n) is 4.38. The maximum Gasteiger partial charge on any atom is 0.243 e. The normalized spacial score (nSPS) is 16.6. The average Bonchev–Trinajstić information content (AvgIpc) is 2.55. The molecule has 1 aliphatic heterocycles. The number of ether oxygens (including phenoxy) is 1. The number of halogens is 2. The summed E-state index contributed by atoms with van der Waals surface area (Å²) >= 11 is 6.01. The molecule has 25 heavy (non-hydrogen) atoms. The number of amides is 1. The fourth-order valence-corrected chi connectivity index (χ4v) is 4.49. The van der Waals surface area contributed by atoms with E-state index in [9.17, 15) is 13.2 Å². The molecule has 1 saturated heterocycles. The van der Waals surface area contributed by atoms with Crippen molar-refractivity contribution in [1.29, 1.82) is 0 Å². The number of benzene rings is 1. The van der Waals surface area contributed by atoms with E-state index >= 15 is 0 Å². The zero-order chi connectivity index (χ0) is 17.8. The molecular weight excluding hydrogens is 387 g/mol. The van der Waals surface area contributed by atoms with Crippen LogP contribution in [0.5, 0.6) is 5.75 Å². The van der Waals surface area contributed by atoms with Crippen LogP contribution >= 0.6 is 24.0 Å². The lowest BCUT2D eigenvalue weighted by Gasteiger charge is -2.37. The second-order valence-electron chi connectivity index (χ2n) is 6.02. The van der Waals surface area contributed by atoms with Crippen molar-refractivity contribution in [2.75, 3.05) is 39.5 Å². The van der Waals surface area contributed by atoms with Crippen LogP contribution in [0.3, 0.4) is 0 Å². The number of hydrogen-bond acceptors (Lipinski definition) is 5. The molecule has 0 aliphatic carbocycles. The molecule has 0 unspecified atom stereocenters. The highest BCUT2D eigenvalue weighted by molar-refractivity contribution is 7.92. The Kier molecular flexibility index (Phi) is 7.99. The number of rotatable bonds is 6. The predicted octanol–water partition coefficient (Wildman–Crippen LogP) is 1.77. The first-order chi connectivity index (χ1) is 11.3. The number of sulfone groups is 1. The predicted molar refractivity (Wildman–Crippen MR) is 102 cm³/mol. The van der Waals surface area contributed by atoms with Gasteiger partial charge in [-0.2, -0.15) is 0 Å². The van der Waals surface area contributed by atoms with Gasteiger partial charge in [-0.05, 0) is 38.1 Å². The number of piperidine rings is 1. The van der Waals surface area contributed by atoms with Crippen LogP contribution in [0.2, 0.25) is 5.02 Å². The Hall–Kier alpha value is -1.02. The SMILES string of the molecule is CN(CCOc1ccccc1Cl)C(=O)C1(S(C)(=O)=O)CCNCC1.Cl. The Morgan fingerprint density at radius 3 is 2.48 bits per heavy atom. The Bertz CT molecular complexity index is 691. The Labute approximate surface area is 160 Å². The molecule has 6 nitrogen and oxygen atoms in total. The Balaban J connectivity index is 0.00000312. The van der Waals surface area contributed by atoms with E-state index in [2.05, 4.69) is 5.32 Å². The summed E-state index contributed by atoms with van der Waals surface area (Å²) in [5.41, 5.74) is 0. The van der Waals surface area contributed by atoms with Gasteiger partial charge < -0.3 is 15.0 Å². The second kappa shape index (κ2) is 9.07. The summed E-state index contributed by atoms with van der Waals surface area (Å²) in [6, 6.07) is 7.08. The number of para-hydroxylation sites is 1. The number of likely N-dealkylation sites (N-methyl/N-ethyl adjacent to an activating group) is 1. The summed E-state index contributed by atoms with van der Waals surface area (Å²) in [7, 11) is -1.90. The zero-order valence-corrected chi connectivity index (χ0v) is 16.7. The van der Waals surface area contributed by atoms with Gasteiger partial charge in [-0.3, -0.25) is 4.79 Å². The molecule has 0 saturated carbocycles. The lowest BCUT2D eigenvalue weighted by molar-refractivity contribution is -0.133. The van der Waals surface area contributed by atoms with Gasteiger partial charge in [0.1, 0.15) is 12.4 Å². The standard InChI is InChI=1S/C16H23ClN2O4S.ClH/c1-19(11-12-23-14-6-4-3-5-13(14)17)15(20)16(24(2,21)22)7-9-18-10-8-16;/h3-6,18H,7-12H2,1-2H3;1H. The monoisotopic (exact) mass is 410 g/mol. The van der Waals surface area contributed by atoms with Crippen LogP contribution in [-0.4, -0.2) is 63.5 Å². The lowest BCUT2D eigenvalue weighted by Crippen LogP contribution is -2.57. The first-order valence-electron chi connectivity index (χ1n) is 7.81. The molecule has 0 radical (unpaired) electrons. The number of nitrogens with one attached hydrogen (secondary N) is 1. The summed E-state index contributed by atoms with van der Waals surface area (Å²) < 4.78 is 28.8. The van der Waals surface area contributed by atoms with Crippen molar-refractivity contribution in [2.24, 2.45) is 0 Å². The minimum atomic E-state index is -3.51. The van der Waals surface area contributed by atoms with Crippen LogP contribution in [0.15, 0.2) is 24.3 Å². The highest BCUT2D eigenvalue weighted by atomic mass is 35.5. The fraction of sp³-hybridized carbons (Fsp3) is 0.562. The number of hydrogen-bond donors (Lipinski definition) is 1. The van der Waals surface area contributed by atoms with E-state index in [-0.39, 0.29) is 31.5 Å². The minimum Gasteiger partial charge on any atom is -0.490 e. The van der Waals surface area contributed by atoms with Crippen LogP contribution < -0.4 is 10.1 Å². The van der Waals surface area contributed by atoms with E-state index in [4.69, 9.17) is 16.3 Å². The quantitative estimate of drug-likeness (QED) is 0.772. The first kappa shape index (κ1) is 22.0. The largest absolute Gasteiger partial charge is 0.490 e. The first-order valence-corrected chi connectivity index (χ1v) is 10.1. The molecule has 1 aromatic carbocycles. The van der Waals surface area contributed by atoms with Crippen molar-refractivity contribution in [3.05, 3.63) is 29.3 Å². The summed E-state index contributed by atoms with van der Waals surface area (Å²) in [5.74, 6) is 0.175. The molecule has 1 N–H and O–H groups in total. The summed E-state index contributed by atoms with van der Waals surface area (Å²) in [6.07, 6.45) is 1.73. The molecule has 1 aliphatic rings. The summed E-state index contributed by atoms with van der Waals surface area (Å²) in [5, 5.41) is 3.60. The lowest BCUT2D eigenvalue weighted by atomic mass is 9.95. The molecule has 1 aromatic rings. The molecule has 0 aromatic heterocycles. The smallest absolute Gasteiger partial charge is 0.243 e. The maximum absolute atomic E-state index is 12.8. The van der Waals surface area contributed by atoms with E-state index in [0.29, 0.717) is 36.7 Å². The van der Waals surface area contributed by atoms with Gasteiger partial charge in [-0.15, -0.1) is 12.4 Å². The molecule has 1 heterocycles. The average molecular weight is 411 g/mol. The van der Waals surface area contributed by atoms with Crippen LogP contribution in [0.4, 0.5) is 0 Å². The van der Waals surface area contributed by atoms with Gasteiger partial charge >= 0.3 is 0 Å². The van der Waals surface area contributed by atoms with Crippen molar-refractivity contribution < 1.29 is 17.9 Å². The number of carbonyl (C=O) groups is 1. The third kappa shape index (κ3) is 5.00. The van der Waals surface area contributed by atoms with Crippen molar-refractivity contribution in [3.63, 3.8) is 0 Å². The Morgan fingerprint density at radius 1 is 1.32 bits per heavy atom. The third-order valence-corrected chi connectivity index (χ3v) is 6.69. The second-order valence-corrected chi connectivity index (χ2v) is 8.76. The molecule has 1 fully saturated rings.